The normalized spacial score (nSPS) is 14.2. The van der Waals surface area contributed by atoms with Crippen LogP contribution in [0.15, 0.2) is 23.3 Å². The predicted octanol–water partition coefficient (Wildman–Crippen LogP) is 1.04. The van der Waals surface area contributed by atoms with E-state index in [-0.39, 0.29) is 36.5 Å². The quantitative estimate of drug-likeness (QED) is 0.423. The summed E-state index contributed by atoms with van der Waals surface area (Å²) >= 11 is 0. The third-order valence-electron chi connectivity index (χ3n) is 2.27. The molecule has 0 atom stereocenters. The van der Waals surface area contributed by atoms with E-state index in [1.54, 1.807) is 13.8 Å². The molecule has 6 nitrogen and oxygen atoms in total. The lowest BCUT2D eigenvalue weighted by Gasteiger charge is -2.11. The lowest BCUT2D eigenvalue weighted by molar-refractivity contribution is -0.141. The lowest BCUT2D eigenvalue weighted by atomic mass is 9.96. The molecule has 0 saturated heterocycles. The van der Waals surface area contributed by atoms with Gasteiger partial charge in [0.25, 0.3) is 5.71 Å². The van der Waals surface area contributed by atoms with E-state index in [9.17, 15) is 9.59 Å². The molecule has 6 heteroatoms. The molecule has 1 rings (SSSR count). The Bertz CT molecular complexity index is 470. The monoisotopic (exact) mass is 250 g/mol. The summed E-state index contributed by atoms with van der Waals surface area (Å²) < 4.78 is 9.71. The first kappa shape index (κ1) is 13.9. The summed E-state index contributed by atoms with van der Waals surface area (Å²) in [5.41, 5.74) is 9.26. The summed E-state index contributed by atoms with van der Waals surface area (Å²) in [6.07, 6.45) is 2.89. The van der Waals surface area contributed by atoms with E-state index >= 15 is 0 Å². The Morgan fingerprint density at radius 1 is 1.22 bits per heavy atom. The molecule has 0 bridgehead atoms. The molecule has 0 aromatic rings. The molecule has 0 spiro atoms. The van der Waals surface area contributed by atoms with Crippen molar-refractivity contribution in [3.8, 4) is 0 Å². The van der Waals surface area contributed by atoms with Crippen molar-refractivity contribution in [2.75, 3.05) is 13.2 Å². The first-order chi connectivity index (χ1) is 8.63. The zero-order chi connectivity index (χ0) is 13.5. The molecule has 0 aromatic heterocycles. The Morgan fingerprint density at radius 2 is 1.83 bits per heavy atom. The van der Waals surface area contributed by atoms with Gasteiger partial charge in [0, 0.05) is 6.08 Å². The van der Waals surface area contributed by atoms with Gasteiger partial charge in [-0.3, -0.25) is 0 Å². The number of hydrogen-bond donors (Lipinski definition) is 0. The van der Waals surface area contributed by atoms with Crippen LogP contribution in [-0.2, 0) is 19.1 Å². The van der Waals surface area contributed by atoms with Gasteiger partial charge in [-0.15, -0.1) is 0 Å². The van der Waals surface area contributed by atoms with Crippen LogP contribution in [-0.4, -0.2) is 35.7 Å². The fourth-order valence-electron chi connectivity index (χ4n) is 1.48. The minimum atomic E-state index is -0.606. The maximum absolute atomic E-state index is 11.7. The van der Waals surface area contributed by atoms with E-state index in [4.69, 9.17) is 15.0 Å². The first-order valence-electron chi connectivity index (χ1n) is 5.60. The van der Waals surface area contributed by atoms with Crippen molar-refractivity contribution in [3.63, 3.8) is 0 Å². The third kappa shape index (κ3) is 3.15. The molecule has 0 unspecified atom stereocenters. The van der Waals surface area contributed by atoms with Gasteiger partial charge in [-0.1, -0.05) is 0 Å². The van der Waals surface area contributed by atoms with Crippen LogP contribution in [0.4, 0.5) is 0 Å². The number of carbonyl (C=O) groups excluding carboxylic acids is 2. The van der Waals surface area contributed by atoms with E-state index in [2.05, 4.69) is 4.79 Å². The molecular formula is C12H14N2O4. The molecule has 0 aliphatic heterocycles. The van der Waals surface area contributed by atoms with Crippen molar-refractivity contribution in [3.05, 3.63) is 28.8 Å². The summed E-state index contributed by atoms with van der Waals surface area (Å²) in [5, 5.41) is 0. The van der Waals surface area contributed by atoms with Crippen LogP contribution < -0.4 is 0 Å². The van der Waals surface area contributed by atoms with Crippen molar-refractivity contribution in [1.29, 1.82) is 0 Å². The minimum absolute atomic E-state index is 0.0416. The molecule has 0 radical (unpaired) electrons. The number of esters is 2. The molecule has 0 amide bonds. The number of nitrogens with zero attached hydrogens (tertiary/aromatic N) is 2. The number of ether oxygens (including phenoxy) is 2. The van der Waals surface area contributed by atoms with Gasteiger partial charge in [-0.05, 0) is 19.9 Å². The summed E-state index contributed by atoms with van der Waals surface area (Å²) in [7, 11) is 0. The maximum atomic E-state index is 11.7. The van der Waals surface area contributed by atoms with Gasteiger partial charge in [-0.2, -0.15) is 4.79 Å². The topological polar surface area (TPSA) is 89.0 Å². The SMILES string of the molecule is CCOC(=O)C1=C(C(=O)OCC)CC(=[N+]=[N-])C=C1. The smallest absolute Gasteiger partial charge is 0.338 e. The van der Waals surface area contributed by atoms with Crippen LogP contribution in [0.25, 0.3) is 5.53 Å². The zero-order valence-corrected chi connectivity index (χ0v) is 10.3. The van der Waals surface area contributed by atoms with E-state index < -0.39 is 11.9 Å². The van der Waals surface area contributed by atoms with E-state index in [0.717, 1.165) is 0 Å². The molecule has 96 valence electrons. The van der Waals surface area contributed by atoms with Gasteiger partial charge in [0.1, 0.15) is 0 Å². The molecule has 1 aliphatic carbocycles. The molecule has 0 N–H and O–H groups in total. The number of rotatable bonds is 4. The average molecular weight is 250 g/mol. The fraction of sp³-hybridized carbons (Fsp3) is 0.417. The van der Waals surface area contributed by atoms with Crippen LogP contribution in [0.2, 0.25) is 0 Å². The Labute approximate surface area is 105 Å². The van der Waals surface area contributed by atoms with Gasteiger partial charge in [-0.25, -0.2) is 9.59 Å². The van der Waals surface area contributed by atoms with Crippen LogP contribution in [0.5, 0.6) is 0 Å². The van der Waals surface area contributed by atoms with E-state index in [0.29, 0.717) is 0 Å². The van der Waals surface area contributed by atoms with Crippen molar-refractivity contribution in [2.45, 2.75) is 20.3 Å². The average Bonchev–Trinajstić information content (AvgIpc) is 2.38. The molecular weight excluding hydrogens is 236 g/mol. The second-order valence-corrected chi connectivity index (χ2v) is 3.43. The highest BCUT2D eigenvalue weighted by Crippen LogP contribution is 2.19. The summed E-state index contributed by atoms with van der Waals surface area (Å²) in [6.45, 7) is 3.76. The van der Waals surface area contributed by atoms with Crippen molar-refractivity contribution in [1.82, 2.24) is 0 Å². The van der Waals surface area contributed by atoms with E-state index in [1.807, 2.05) is 0 Å². The number of allylic oxidation sites excluding steroid dienone is 1. The van der Waals surface area contributed by atoms with Gasteiger partial charge < -0.3 is 15.0 Å². The maximum Gasteiger partial charge on any atom is 0.338 e. The standard InChI is InChI=1S/C12H14N2O4/c1-3-17-11(15)9-6-5-8(14-13)7-10(9)12(16)18-4-2/h5-6H,3-4,7H2,1-2H3. The minimum Gasteiger partial charge on any atom is -0.463 e. The Kier molecular flexibility index (Phi) is 5.02. The van der Waals surface area contributed by atoms with Crippen LogP contribution in [0.1, 0.15) is 20.3 Å². The molecule has 0 aromatic carbocycles. The van der Waals surface area contributed by atoms with Crippen LogP contribution >= 0.6 is 0 Å². The van der Waals surface area contributed by atoms with Crippen molar-refractivity contribution in [2.24, 2.45) is 0 Å². The van der Waals surface area contributed by atoms with Crippen LogP contribution in [0, 0.1) is 0 Å². The highest BCUT2D eigenvalue weighted by atomic mass is 16.5. The van der Waals surface area contributed by atoms with Crippen LogP contribution in [0.3, 0.4) is 0 Å². The molecule has 0 saturated carbocycles. The van der Waals surface area contributed by atoms with Gasteiger partial charge in [0.15, 0.2) is 0 Å². The van der Waals surface area contributed by atoms with Gasteiger partial charge in [0.2, 0.25) is 0 Å². The zero-order valence-electron chi connectivity index (χ0n) is 10.3. The number of hydrogen-bond acceptors (Lipinski definition) is 4. The molecule has 1 aliphatic rings. The lowest BCUT2D eigenvalue weighted by Crippen LogP contribution is -2.20. The Morgan fingerprint density at radius 3 is 2.39 bits per heavy atom. The predicted molar refractivity (Wildman–Crippen MR) is 62.7 cm³/mol. The largest absolute Gasteiger partial charge is 0.463 e. The second-order valence-electron chi connectivity index (χ2n) is 3.43. The van der Waals surface area contributed by atoms with Crippen molar-refractivity contribution < 1.29 is 23.9 Å². The fourth-order valence-corrected chi connectivity index (χ4v) is 1.48. The van der Waals surface area contributed by atoms with Gasteiger partial charge in [0.05, 0.1) is 30.8 Å². The Balaban J connectivity index is 3.11. The first-order valence-corrected chi connectivity index (χ1v) is 5.60. The summed E-state index contributed by atoms with van der Waals surface area (Å²) in [6, 6.07) is 0. The van der Waals surface area contributed by atoms with E-state index in [1.165, 1.54) is 12.2 Å². The summed E-state index contributed by atoms with van der Waals surface area (Å²) in [4.78, 5) is 26.4. The third-order valence-corrected chi connectivity index (χ3v) is 2.27. The van der Waals surface area contributed by atoms with Crippen molar-refractivity contribution >= 4 is 17.7 Å². The highest BCUT2D eigenvalue weighted by Gasteiger charge is 2.28. The molecule has 0 fully saturated rings. The molecule has 0 heterocycles. The second kappa shape index (κ2) is 6.51. The number of carbonyl (C=O) groups is 2. The molecule has 18 heavy (non-hydrogen) atoms. The van der Waals surface area contributed by atoms with Gasteiger partial charge >= 0.3 is 11.9 Å². The summed E-state index contributed by atoms with van der Waals surface area (Å²) in [5.74, 6) is -1.19. The Hall–Kier alpha value is -2.20. The highest BCUT2D eigenvalue weighted by molar-refractivity contribution is 6.10.